The topological polar surface area (TPSA) is 46.5 Å². The molecule has 1 aromatic rings. The molecular formula is C10H13O3P. The Morgan fingerprint density at radius 2 is 2.07 bits per heavy atom. The van der Waals surface area contributed by atoms with Crippen molar-refractivity contribution in [3.05, 3.63) is 43.0 Å². The van der Waals surface area contributed by atoms with Gasteiger partial charge in [-0.1, -0.05) is 24.3 Å². The van der Waals surface area contributed by atoms with Gasteiger partial charge in [-0.2, -0.15) is 0 Å². The molecule has 1 unspecified atom stereocenters. The third-order valence-corrected chi connectivity index (χ3v) is 2.93. The van der Waals surface area contributed by atoms with Crippen LogP contribution in [0.5, 0.6) is 5.75 Å². The first-order chi connectivity index (χ1) is 6.64. The zero-order valence-corrected chi connectivity index (χ0v) is 8.69. The van der Waals surface area contributed by atoms with Crippen molar-refractivity contribution in [2.45, 2.75) is 6.42 Å². The van der Waals surface area contributed by atoms with Crippen molar-refractivity contribution in [3.63, 3.8) is 0 Å². The molecular weight excluding hydrogens is 199 g/mol. The molecule has 0 heterocycles. The fraction of sp³-hybridized carbons (Fsp3) is 0.200. The van der Waals surface area contributed by atoms with Crippen LogP contribution in [0, 0.1) is 0 Å². The molecule has 3 nitrogen and oxygen atoms in total. The van der Waals surface area contributed by atoms with Crippen LogP contribution in [0.2, 0.25) is 0 Å². The molecule has 4 heteroatoms. The number of para-hydroxylation sites is 1. The third kappa shape index (κ3) is 3.77. The zero-order chi connectivity index (χ0) is 10.4. The number of allylic oxidation sites excluding steroid dienone is 1. The largest absolute Gasteiger partial charge is 0.424 e. The van der Waals surface area contributed by atoms with E-state index in [-0.39, 0.29) is 6.16 Å². The van der Waals surface area contributed by atoms with E-state index in [1.807, 2.05) is 6.07 Å². The minimum absolute atomic E-state index is 0.103. The van der Waals surface area contributed by atoms with Crippen LogP contribution in [-0.4, -0.2) is 11.1 Å². The summed E-state index contributed by atoms with van der Waals surface area (Å²) in [4.78, 5) is 9.38. The van der Waals surface area contributed by atoms with Gasteiger partial charge >= 0.3 is 7.60 Å². The van der Waals surface area contributed by atoms with E-state index >= 15 is 0 Å². The second kappa shape index (κ2) is 4.99. The molecule has 0 aliphatic rings. The molecule has 0 spiro atoms. The van der Waals surface area contributed by atoms with Crippen molar-refractivity contribution in [1.82, 2.24) is 0 Å². The van der Waals surface area contributed by atoms with Gasteiger partial charge in [0.15, 0.2) is 0 Å². The first-order valence-corrected chi connectivity index (χ1v) is 6.08. The maximum absolute atomic E-state index is 11.4. The van der Waals surface area contributed by atoms with Crippen molar-refractivity contribution in [1.29, 1.82) is 0 Å². The molecule has 0 saturated heterocycles. The first kappa shape index (κ1) is 11.0. The summed E-state index contributed by atoms with van der Waals surface area (Å²) in [5, 5.41) is 0. The number of hydrogen-bond acceptors (Lipinski definition) is 2. The number of benzene rings is 1. The second-order valence-corrected chi connectivity index (χ2v) is 4.75. The van der Waals surface area contributed by atoms with E-state index in [1.165, 1.54) is 0 Å². The molecule has 0 bridgehead atoms. The third-order valence-electron chi connectivity index (χ3n) is 1.61. The van der Waals surface area contributed by atoms with Gasteiger partial charge in [0.1, 0.15) is 5.75 Å². The Balaban J connectivity index is 2.59. The average Bonchev–Trinajstić information content (AvgIpc) is 2.16. The van der Waals surface area contributed by atoms with Crippen LogP contribution in [0.4, 0.5) is 0 Å². The number of rotatable bonds is 5. The van der Waals surface area contributed by atoms with E-state index in [2.05, 4.69) is 6.58 Å². The molecule has 1 aromatic carbocycles. The van der Waals surface area contributed by atoms with Crippen molar-refractivity contribution in [2.24, 2.45) is 0 Å². The summed E-state index contributed by atoms with van der Waals surface area (Å²) in [5.41, 5.74) is 0. The molecule has 0 aliphatic carbocycles. The van der Waals surface area contributed by atoms with Crippen molar-refractivity contribution >= 4 is 7.60 Å². The minimum atomic E-state index is -3.50. The molecule has 0 aliphatic heterocycles. The summed E-state index contributed by atoms with van der Waals surface area (Å²) in [6, 6.07) is 8.62. The van der Waals surface area contributed by atoms with E-state index in [0.717, 1.165) is 0 Å². The summed E-state index contributed by atoms with van der Waals surface area (Å²) in [6.45, 7) is 3.48. The summed E-state index contributed by atoms with van der Waals surface area (Å²) in [7, 11) is -3.50. The van der Waals surface area contributed by atoms with Gasteiger partial charge in [-0.15, -0.1) is 6.58 Å². The Morgan fingerprint density at radius 3 is 2.64 bits per heavy atom. The van der Waals surface area contributed by atoms with Gasteiger partial charge in [-0.3, -0.25) is 0 Å². The maximum Gasteiger partial charge on any atom is 0.376 e. The summed E-state index contributed by atoms with van der Waals surface area (Å²) in [6.07, 6.45) is 2.17. The highest BCUT2D eigenvalue weighted by Gasteiger charge is 2.19. The predicted molar refractivity (Wildman–Crippen MR) is 56.6 cm³/mol. The molecule has 0 fully saturated rings. The average molecular weight is 212 g/mol. The highest BCUT2D eigenvalue weighted by molar-refractivity contribution is 7.53. The van der Waals surface area contributed by atoms with Crippen LogP contribution in [0.25, 0.3) is 0 Å². The van der Waals surface area contributed by atoms with Gasteiger partial charge in [0, 0.05) is 0 Å². The quantitative estimate of drug-likeness (QED) is 0.603. The molecule has 76 valence electrons. The lowest BCUT2D eigenvalue weighted by Crippen LogP contribution is -1.96. The lowest BCUT2D eigenvalue weighted by Gasteiger charge is -2.11. The highest BCUT2D eigenvalue weighted by Crippen LogP contribution is 2.42. The van der Waals surface area contributed by atoms with E-state index < -0.39 is 7.60 Å². The van der Waals surface area contributed by atoms with Gasteiger partial charge in [0.25, 0.3) is 0 Å². The normalized spacial score (nSPS) is 14.4. The van der Waals surface area contributed by atoms with Gasteiger partial charge in [0.05, 0.1) is 6.16 Å². The van der Waals surface area contributed by atoms with Crippen LogP contribution in [0.3, 0.4) is 0 Å². The van der Waals surface area contributed by atoms with Gasteiger partial charge in [-0.25, -0.2) is 4.57 Å². The maximum atomic E-state index is 11.4. The fourth-order valence-corrected chi connectivity index (χ4v) is 2.00. The van der Waals surface area contributed by atoms with Gasteiger partial charge in [-0.05, 0) is 18.6 Å². The predicted octanol–water partition coefficient (Wildman–Crippen LogP) is 2.83. The van der Waals surface area contributed by atoms with Crippen LogP contribution in [0.15, 0.2) is 43.0 Å². The van der Waals surface area contributed by atoms with E-state index in [9.17, 15) is 9.46 Å². The highest BCUT2D eigenvalue weighted by atomic mass is 31.2. The lowest BCUT2D eigenvalue weighted by molar-refractivity contribution is 0.380. The molecule has 14 heavy (non-hydrogen) atoms. The monoisotopic (exact) mass is 212 g/mol. The smallest absolute Gasteiger partial charge is 0.376 e. The van der Waals surface area contributed by atoms with Crippen LogP contribution < -0.4 is 4.52 Å². The zero-order valence-electron chi connectivity index (χ0n) is 7.80. The summed E-state index contributed by atoms with van der Waals surface area (Å²) < 4.78 is 16.4. The summed E-state index contributed by atoms with van der Waals surface area (Å²) in [5.74, 6) is 0.419. The van der Waals surface area contributed by atoms with E-state index in [4.69, 9.17) is 4.52 Å². The SMILES string of the molecule is C=CCCP(=O)(O)Oc1ccccc1. The molecule has 1 N–H and O–H groups in total. The molecule has 1 atom stereocenters. The second-order valence-electron chi connectivity index (χ2n) is 2.84. The Kier molecular flexibility index (Phi) is 3.93. The van der Waals surface area contributed by atoms with E-state index in [0.29, 0.717) is 12.2 Å². The molecule has 0 aromatic heterocycles. The van der Waals surface area contributed by atoms with Gasteiger partial charge in [0.2, 0.25) is 0 Å². The van der Waals surface area contributed by atoms with Crippen LogP contribution in [0.1, 0.15) is 6.42 Å². The Hall–Kier alpha value is -1.05. The fourth-order valence-electron chi connectivity index (χ4n) is 0.946. The van der Waals surface area contributed by atoms with Crippen LogP contribution in [-0.2, 0) is 4.57 Å². The van der Waals surface area contributed by atoms with Crippen molar-refractivity contribution in [3.8, 4) is 5.75 Å². The molecule has 1 rings (SSSR count). The standard InChI is InChI=1S/C10H13O3P/c1-2-3-9-14(11,12)13-10-7-5-4-6-8-10/h2,4-8H,1,3,9H2,(H,11,12). The summed E-state index contributed by atoms with van der Waals surface area (Å²) >= 11 is 0. The van der Waals surface area contributed by atoms with Gasteiger partial charge < -0.3 is 9.42 Å². The van der Waals surface area contributed by atoms with Crippen molar-refractivity contribution < 1.29 is 14.0 Å². The van der Waals surface area contributed by atoms with Crippen molar-refractivity contribution in [2.75, 3.05) is 6.16 Å². The molecule has 0 amide bonds. The Labute approximate surface area is 83.6 Å². The molecule has 0 saturated carbocycles. The Bertz CT molecular complexity index is 334. The Morgan fingerprint density at radius 1 is 1.43 bits per heavy atom. The van der Waals surface area contributed by atoms with E-state index in [1.54, 1.807) is 30.3 Å². The van der Waals surface area contributed by atoms with Crippen LogP contribution >= 0.6 is 7.60 Å². The lowest BCUT2D eigenvalue weighted by atomic mass is 10.3. The minimum Gasteiger partial charge on any atom is -0.424 e. The first-order valence-electron chi connectivity index (χ1n) is 4.31. The molecule has 0 radical (unpaired) electrons. The number of hydrogen-bond donors (Lipinski definition) is 1.